The van der Waals surface area contributed by atoms with Gasteiger partial charge in [0.2, 0.25) is 0 Å². The molecular formula is C14H24N2. The van der Waals surface area contributed by atoms with Crippen molar-refractivity contribution in [3.63, 3.8) is 0 Å². The summed E-state index contributed by atoms with van der Waals surface area (Å²) in [6.07, 6.45) is 2.09. The molecule has 2 heteroatoms. The van der Waals surface area contributed by atoms with E-state index in [1.807, 2.05) is 12.1 Å². The first-order chi connectivity index (χ1) is 7.47. The molecule has 0 heterocycles. The first-order valence-corrected chi connectivity index (χ1v) is 6.14. The molecule has 0 aliphatic heterocycles. The van der Waals surface area contributed by atoms with Crippen molar-refractivity contribution in [3.8, 4) is 0 Å². The summed E-state index contributed by atoms with van der Waals surface area (Å²) in [5.41, 5.74) is 16.3. The van der Waals surface area contributed by atoms with Crippen LogP contribution < -0.4 is 11.5 Å². The van der Waals surface area contributed by atoms with Crippen molar-refractivity contribution in [2.24, 2.45) is 5.92 Å². The van der Waals surface area contributed by atoms with Crippen LogP contribution in [0.1, 0.15) is 51.2 Å². The lowest BCUT2D eigenvalue weighted by Gasteiger charge is -2.20. The van der Waals surface area contributed by atoms with Gasteiger partial charge in [-0.25, -0.2) is 0 Å². The van der Waals surface area contributed by atoms with Crippen LogP contribution in [-0.4, -0.2) is 0 Å². The summed E-state index contributed by atoms with van der Waals surface area (Å²) < 4.78 is 0. The fourth-order valence-corrected chi connectivity index (χ4v) is 2.38. The number of nitrogen functional groups attached to an aromatic ring is 2. The Hall–Kier alpha value is -1.18. The molecule has 0 radical (unpaired) electrons. The maximum atomic E-state index is 6.19. The second kappa shape index (κ2) is 5.24. The molecule has 0 saturated heterocycles. The molecule has 1 aromatic carbocycles. The molecule has 0 aliphatic rings. The first-order valence-electron chi connectivity index (χ1n) is 6.14. The third-order valence-corrected chi connectivity index (χ3v) is 3.11. The number of benzene rings is 1. The van der Waals surface area contributed by atoms with Crippen molar-refractivity contribution in [1.29, 1.82) is 0 Å². The van der Waals surface area contributed by atoms with Gasteiger partial charge in [-0.15, -0.1) is 0 Å². The number of anilines is 2. The molecule has 0 bridgehead atoms. The minimum Gasteiger partial charge on any atom is -0.398 e. The summed E-state index contributed by atoms with van der Waals surface area (Å²) in [6.45, 7) is 8.79. The van der Waals surface area contributed by atoms with Crippen LogP contribution in [0.3, 0.4) is 0 Å². The molecule has 0 aliphatic carbocycles. The summed E-state index contributed by atoms with van der Waals surface area (Å²) >= 11 is 0. The van der Waals surface area contributed by atoms with Crippen LogP contribution >= 0.6 is 0 Å². The highest BCUT2D eigenvalue weighted by Crippen LogP contribution is 2.34. The Morgan fingerprint density at radius 2 is 1.75 bits per heavy atom. The second-order valence-electron chi connectivity index (χ2n) is 5.03. The summed E-state index contributed by atoms with van der Waals surface area (Å²) in [5.74, 6) is 1.10. The molecule has 1 atom stereocenters. The topological polar surface area (TPSA) is 52.0 Å². The Morgan fingerprint density at radius 3 is 2.25 bits per heavy atom. The van der Waals surface area contributed by atoms with Gasteiger partial charge in [-0.3, -0.25) is 0 Å². The Kier molecular flexibility index (Phi) is 4.22. The van der Waals surface area contributed by atoms with Crippen LogP contribution in [0, 0.1) is 5.92 Å². The number of hydrogen-bond donors (Lipinski definition) is 2. The molecule has 0 amide bonds. The van der Waals surface area contributed by atoms with E-state index in [0.29, 0.717) is 11.8 Å². The Bertz CT molecular complexity index is 356. The van der Waals surface area contributed by atoms with Crippen molar-refractivity contribution in [1.82, 2.24) is 0 Å². The fourth-order valence-electron chi connectivity index (χ4n) is 2.38. The van der Waals surface area contributed by atoms with E-state index in [4.69, 9.17) is 11.5 Å². The minimum absolute atomic E-state index is 0.437. The van der Waals surface area contributed by atoms with E-state index in [9.17, 15) is 0 Å². The highest BCUT2D eigenvalue weighted by atomic mass is 14.6. The number of aryl methyl sites for hydroxylation is 1. The molecule has 1 unspecified atom stereocenters. The lowest BCUT2D eigenvalue weighted by molar-refractivity contribution is 0.525. The monoisotopic (exact) mass is 220 g/mol. The normalized spacial score (nSPS) is 13.1. The number of nitrogens with two attached hydrogens (primary N) is 2. The first kappa shape index (κ1) is 12.9. The van der Waals surface area contributed by atoms with Gasteiger partial charge in [0.1, 0.15) is 0 Å². The van der Waals surface area contributed by atoms with Gasteiger partial charge in [0.15, 0.2) is 0 Å². The maximum absolute atomic E-state index is 6.19. The Morgan fingerprint density at radius 1 is 1.12 bits per heavy atom. The Labute approximate surface area is 99.0 Å². The molecule has 2 nitrogen and oxygen atoms in total. The number of hydrogen-bond acceptors (Lipinski definition) is 2. The third kappa shape index (κ3) is 2.69. The molecule has 1 aromatic rings. The van der Waals surface area contributed by atoms with E-state index in [2.05, 4.69) is 27.7 Å². The predicted molar refractivity (Wildman–Crippen MR) is 72.5 cm³/mol. The molecule has 0 aromatic heterocycles. The maximum Gasteiger partial charge on any atom is 0.0402 e. The van der Waals surface area contributed by atoms with Gasteiger partial charge in [0.25, 0.3) is 0 Å². The van der Waals surface area contributed by atoms with Gasteiger partial charge in [-0.05, 0) is 36.3 Å². The van der Waals surface area contributed by atoms with Gasteiger partial charge < -0.3 is 11.5 Å². The van der Waals surface area contributed by atoms with Crippen molar-refractivity contribution in [3.05, 3.63) is 23.3 Å². The smallest absolute Gasteiger partial charge is 0.0402 e. The zero-order valence-corrected chi connectivity index (χ0v) is 10.9. The summed E-state index contributed by atoms with van der Waals surface area (Å²) in [6, 6.07) is 4.03. The van der Waals surface area contributed by atoms with Crippen LogP contribution in [0.25, 0.3) is 0 Å². The highest BCUT2D eigenvalue weighted by Gasteiger charge is 2.15. The van der Waals surface area contributed by atoms with E-state index in [-0.39, 0.29) is 0 Å². The van der Waals surface area contributed by atoms with Crippen molar-refractivity contribution in [2.75, 3.05) is 11.5 Å². The predicted octanol–water partition coefficient (Wildman–Crippen LogP) is 3.56. The quantitative estimate of drug-likeness (QED) is 0.762. The summed E-state index contributed by atoms with van der Waals surface area (Å²) in [5, 5.41) is 0. The van der Waals surface area contributed by atoms with Crippen LogP contribution in [0.2, 0.25) is 0 Å². The molecule has 90 valence electrons. The lowest BCUT2D eigenvalue weighted by atomic mass is 9.88. The zero-order chi connectivity index (χ0) is 12.3. The third-order valence-electron chi connectivity index (χ3n) is 3.11. The molecular weight excluding hydrogens is 196 g/mol. The average Bonchev–Trinajstić information content (AvgIpc) is 2.16. The second-order valence-corrected chi connectivity index (χ2v) is 5.03. The summed E-state index contributed by atoms with van der Waals surface area (Å²) in [7, 11) is 0. The van der Waals surface area contributed by atoms with E-state index in [1.165, 1.54) is 5.56 Å². The lowest BCUT2D eigenvalue weighted by Crippen LogP contribution is -2.08. The molecule has 0 fully saturated rings. The van der Waals surface area contributed by atoms with Crippen LogP contribution in [-0.2, 0) is 6.42 Å². The van der Waals surface area contributed by atoms with E-state index in [1.54, 1.807) is 0 Å². The van der Waals surface area contributed by atoms with Gasteiger partial charge in [-0.2, -0.15) is 0 Å². The minimum atomic E-state index is 0.437. The molecule has 4 N–H and O–H groups in total. The van der Waals surface area contributed by atoms with Crippen LogP contribution in [0.5, 0.6) is 0 Å². The summed E-state index contributed by atoms with van der Waals surface area (Å²) in [4.78, 5) is 0. The van der Waals surface area contributed by atoms with Gasteiger partial charge in [0, 0.05) is 16.9 Å². The molecule has 16 heavy (non-hydrogen) atoms. The zero-order valence-electron chi connectivity index (χ0n) is 10.9. The molecule has 0 saturated carbocycles. The Balaban J connectivity index is 3.10. The molecule has 1 rings (SSSR count). The van der Waals surface area contributed by atoms with Crippen LogP contribution in [0.15, 0.2) is 12.1 Å². The SMILES string of the molecule is CCc1ccc(N)c(C(C)CC(C)C)c1N. The van der Waals surface area contributed by atoms with E-state index < -0.39 is 0 Å². The standard InChI is InChI=1S/C14H24N2/c1-5-11-6-7-12(15)13(14(11)16)10(4)8-9(2)3/h6-7,9-10H,5,8,15-16H2,1-4H3. The van der Waals surface area contributed by atoms with Gasteiger partial charge >= 0.3 is 0 Å². The van der Waals surface area contributed by atoms with E-state index in [0.717, 1.165) is 29.8 Å². The van der Waals surface area contributed by atoms with Gasteiger partial charge in [-0.1, -0.05) is 33.8 Å². The van der Waals surface area contributed by atoms with Crippen molar-refractivity contribution in [2.45, 2.75) is 46.5 Å². The van der Waals surface area contributed by atoms with Crippen molar-refractivity contribution < 1.29 is 0 Å². The van der Waals surface area contributed by atoms with Gasteiger partial charge in [0.05, 0.1) is 0 Å². The van der Waals surface area contributed by atoms with E-state index >= 15 is 0 Å². The average molecular weight is 220 g/mol. The van der Waals surface area contributed by atoms with Crippen LogP contribution in [0.4, 0.5) is 11.4 Å². The number of rotatable bonds is 4. The van der Waals surface area contributed by atoms with Crippen molar-refractivity contribution >= 4 is 11.4 Å². The largest absolute Gasteiger partial charge is 0.398 e. The highest BCUT2D eigenvalue weighted by molar-refractivity contribution is 5.66. The fraction of sp³-hybridized carbons (Fsp3) is 0.571. The molecule has 0 spiro atoms.